The van der Waals surface area contributed by atoms with E-state index >= 15 is 0 Å². The molecule has 0 aliphatic carbocycles. The summed E-state index contributed by atoms with van der Waals surface area (Å²) >= 11 is 0. The minimum Gasteiger partial charge on any atom is -0.480 e. The van der Waals surface area contributed by atoms with Gasteiger partial charge in [0.15, 0.2) is 5.78 Å². The third-order valence-electron chi connectivity index (χ3n) is 6.03. The summed E-state index contributed by atoms with van der Waals surface area (Å²) in [4.78, 5) is 36.7. The Morgan fingerprint density at radius 2 is 1.59 bits per heavy atom. The average molecular weight is 414 g/mol. The summed E-state index contributed by atoms with van der Waals surface area (Å²) in [6.07, 6.45) is 2.52. The van der Waals surface area contributed by atoms with Gasteiger partial charge in [-0.3, -0.25) is 19.7 Å². The maximum absolute atomic E-state index is 13.1. The molecule has 0 aliphatic heterocycles. The number of rotatable bonds is 14. The van der Waals surface area contributed by atoms with Gasteiger partial charge in [0, 0.05) is 12.5 Å². The number of carbonyl (C=O) groups excluding carboxylic acids is 2. The number of aliphatic carboxylic acids is 1. The van der Waals surface area contributed by atoms with Crippen LogP contribution in [0.4, 0.5) is 0 Å². The fourth-order valence-electron chi connectivity index (χ4n) is 3.45. The molecule has 4 atom stereocenters. The normalized spacial score (nSPS) is 17.3. The SMILES string of the molecule is CCCC(C)NC(=O)C(C)NC(C)(CC(C)(C)C(C)C)C(=O)CCC(N)C(=O)O. The number of amides is 1. The van der Waals surface area contributed by atoms with Gasteiger partial charge in [0.2, 0.25) is 5.91 Å². The van der Waals surface area contributed by atoms with Gasteiger partial charge in [-0.05, 0) is 51.4 Å². The second kappa shape index (κ2) is 11.6. The number of nitrogens with one attached hydrogen (secondary N) is 2. The number of carboxylic acid groups (broad SMARTS) is 1. The second-order valence-corrected chi connectivity index (χ2v) is 9.62. The van der Waals surface area contributed by atoms with Gasteiger partial charge >= 0.3 is 5.97 Å². The van der Waals surface area contributed by atoms with Crippen LogP contribution in [0.15, 0.2) is 0 Å². The molecular formula is C22H43N3O4. The highest BCUT2D eigenvalue weighted by Crippen LogP contribution is 2.36. The zero-order valence-electron chi connectivity index (χ0n) is 19.6. The highest BCUT2D eigenvalue weighted by atomic mass is 16.4. The summed E-state index contributed by atoms with van der Waals surface area (Å²) < 4.78 is 0. The molecule has 170 valence electrons. The summed E-state index contributed by atoms with van der Waals surface area (Å²) in [6.45, 7) is 16.0. The predicted molar refractivity (Wildman–Crippen MR) is 117 cm³/mol. The highest BCUT2D eigenvalue weighted by Gasteiger charge is 2.41. The van der Waals surface area contributed by atoms with Crippen molar-refractivity contribution in [3.8, 4) is 0 Å². The Bertz CT molecular complexity index is 562. The Balaban J connectivity index is 5.43. The lowest BCUT2D eigenvalue weighted by Crippen LogP contribution is -2.59. The second-order valence-electron chi connectivity index (χ2n) is 9.62. The van der Waals surface area contributed by atoms with Crippen molar-refractivity contribution < 1.29 is 19.5 Å². The van der Waals surface area contributed by atoms with E-state index in [0.717, 1.165) is 12.8 Å². The van der Waals surface area contributed by atoms with Crippen molar-refractivity contribution in [2.24, 2.45) is 17.1 Å². The molecule has 0 bridgehead atoms. The number of carboxylic acids is 1. The number of carbonyl (C=O) groups is 3. The fourth-order valence-corrected chi connectivity index (χ4v) is 3.45. The van der Waals surface area contributed by atoms with Crippen LogP contribution < -0.4 is 16.4 Å². The molecule has 0 spiro atoms. The average Bonchev–Trinajstić information content (AvgIpc) is 2.58. The van der Waals surface area contributed by atoms with E-state index in [1.807, 2.05) is 13.8 Å². The van der Waals surface area contributed by atoms with Gasteiger partial charge in [-0.15, -0.1) is 0 Å². The molecule has 0 rings (SSSR count). The fraction of sp³-hybridized carbons (Fsp3) is 0.864. The molecule has 0 radical (unpaired) electrons. The molecule has 29 heavy (non-hydrogen) atoms. The zero-order valence-corrected chi connectivity index (χ0v) is 19.6. The van der Waals surface area contributed by atoms with Crippen molar-refractivity contribution in [3.05, 3.63) is 0 Å². The molecule has 0 fully saturated rings. The Morgan fingerprint density at radius 1 is 1.03 bits per heavy atom. The molecule has 0 heterocycles. The smallest absolute Gasteiger partial charge is 0.320 e. The molecule has 0 aliphatic rings. The van der Waals surface area contributed by atoms with Gasteiger partial charge in [-0.25, -0.2) is 0 Å². The lowest BCUT2D eigenvalue weighted by molar-refractivity contribution is -0.138. The summed E-state index contributed by atoms with van der Waals surface area (Å²) in [6, 6.07) is -1.56. The van der Waals surface area contributed by atoms with Gasteiger partial charge < -0.3 is 16.2 Å². The highest BCUT2D eigenvalue weighted by molar-refractivity contribution is 5.90. The van der Waals surface area contributed by atoms with E-state index in [4.69, 9.17) is 10.8 Å². The van der Waals surface area contributed by atoms with Crippen LogP contribution in [0.2, 0.25) is 0 Å². The van der Waals surface area contributed by atoms with E-state index < -0.39 is 23.6 Å². The number of nitrogens with two attached hydrogens (primary N) is 1. The van der Waals surface area contributed by atoms with Crippen molar-refractivity contribution in [3.63, 3.8) is 0 Å². The first kappa shape index (κ1) is 27.5. The van der Waals surface area contributed by atoms with Crippen molar-refractivity contribution in [2.45, 2.75) is 111 Å². The molecule has 0 saturated carbocycles. The van der Waals surface area contributed by atoms with E-state index in [0.29, 0.717) is 12.3 Å². The van der Waals surface area contributed by atoms with Crippen LogP contribution in [-0.2, 0) is 14.4 Å². The Kier molecular flexibility index (Phi) is 11.1. The maximum atomic E-state index is 13.1. The molecular weight excluding hydrogens is 370 g/mol. The lowest BCUT2D eigenvalue weighted by atomic mass is 9.70. The van der Waals surface area contributed by atoms with E-state index in [1.54, 1.807) is 6.92 Å². The largest absolute Gasteiger partial charge is 0.480 e. The molecule has 4 unspecified atom stereocenters. The van der Waals surface area contributed by atoms with E-state index in [9.17, 15) is 14.4 Å². The predicted octanol–water partition coefficient (Wildman–Crippen LogP) is 2.86. The minimum atomic E-state index is -1.12. The number of hydrogen-bond donors (Lipinski definition) is 4. The summed E-state index contributed by atoms with van der Waals surface area (Å²) in [7, 11) is 0. The summed E-state index contributed by atoms with van der Waals surface area (Å²) in [5.74, 6) is -1.06. The van der Waals surface area contributed by atoms with Gasteiger partial charge in [0.25, 0.3) is 0 Å². The van der Waals surface area contributed by atoms with E-state index in [2.05, 4.69) is 45.3 Å². The van der Waals surface area contributed by atoms with Crippen LogP contribution in [0.5, 0.6) is 0 Å². The standard InChI is InChI=1S/C22H43N3O4/c1-9-10-15(4)24-19(27)16(5)25-22(8,13-21(6,7)14(2)3)18(26)12-11-17(23)20(28)29/h14-17,25H,9-13,23H2,1-8H3,(H,24,27)(H,28,29). The van der Waals surface area contributed by atoms with Gasteiger partial charge in [0.05, 0.1) is 11.6 Å². The van der Waals surface area contributed by atoms with E-state index in [1.165, 1.54) is 0 Å². The Labute approximate surface area is 176 Å². The summed E-state index contributed by atoms with van der Waals surface area (Å²) in [5.41, 5.74) is 4.46. The number of hydrogen-bond acceptors (Lipinski definition) is 5. The third kappa shape index (κ3) is 9.26. The van der Waals surface area contributed by atoms with Crippen molar-refractivity contribution in [1.29, 1.82) is 0 Å². The molecule has 5 N–H and O–H groups in total. The molecule has 0 aromatic carbocycles. The number of Topliss-reactive ketones (excluding diaryl/α,β-unsaturated/α-hetero) is 1. The molecule has 7 nitrogen and oxygen atoms in total. The topological polar surface area (TPSA) is 122 Å². The Morgan fingerprint density at radius 3 is 2.03 bits per heavy atom. The lowest BCUT2D eigenvalue weighted by Gasteiger charge is -2.41. The first-order valence-electron chi connectivity index (χ1n) is 10.8. The maximum Gasteiger partial charge on any atom is 0.320 e. The monoisotopic (exact) mass is 413 g/mol. The van der Waals surface area contributed by atoms with Crippen LogP contribution in [0.3, 0.4) is 0 Å². The minimum absolute atomic E-state index is 0.0473. The first-order valence-corrected chi connectivity index (χ1v) is 10.8. The van der Waals surface area contributed by atoms with Crippen molar-refractivity contribution in [2.75, 3.05) is 0 Å². The molecule has 7 heteroatoms. The molecule has 1 amide bonds. The zero-order chi connectivity index (χ0) is 23.0. The molecule has 0 saturated heterocycles. The molecule has 0 aromatic rings. The van der Waals surface area contributed by atoms with Crippen LogP contribution in [0.1, 0.15) is 87.5 Å². The number of ketones is 1. The van der Waals surface area contributed by atoms with E-state index in [-0.39, 0.29) is 36.0 Å². The Hall–Kier alpha value is -1.47. The quantitative estimate of drug-likeness (QED) is 0.347. The van der Waals surface area contributed by atoms with Crippen molar-refractivity contribution >= 4 is 17.7 Å². The van der Waals surface area contributed by atoms with Crippen LogP contribution in [0, 0.1) is 11.3 Å². The van der Waals surface area contributed by atoms with Crippen LogP contribution in [-0.4, -0.2) is 46.4 Å². The van der Waals surface area contributed by atoms with Crippen molar-refractivity contribution in [1.82, 2.24) is 10.6 Å². The van der Waals surface area contributed by atoms with Gasteiger partial charge in [-0.2, -0.15) is 0 Å². The van der Waals surface area contributed by atoms with Gasteiger partial charge in [0.1, 0.15) is 6.04 Å². The van der Waals surface area contributed by atoms with Crippen LogP contribution in [0.25, 0.3) is 0 Å². The van der Waals surface area contributed by atoms with Gasteiger partial charge in [-0.1, -0.05) is 41.0 Å². The van der Waals surface area contributed by atoms with Crippen LogP contribution >= 0.6 is 0 Å². The first-order chi connectivity index (χ1) is 13.2. The third-order valence-corrected chi connectivity index (χ3v) is 6.03. The molecule has 0 aromatic heterocycles. The summed E-state index contributed by atoms with van der Waals surface area (Å²) in [5, 5.41) is 15.2.